The number of rotatable bonds is 6. The Morgan fingerprint density at radius 2 is 1.89 bits per heavy atom. The van der Waals surface area contributed by atoms with Crippen LogP contribution in [0.5, 0.6) is 5.75 Å². The number of halogens is 1. The highest BCUT2D eigenvalue weighted by Crippen LogP contribution is 2.32. The summed E-state index contributed by atoms with van der Waals surface area (Å²) in [6.45, 7) is 0.0287. The summed E-state index contributed by atoms with van der Waals surface area (Å²) >= 11 is 4.23. The van der Waals surface area contributed by atoms with Gasteiger partial charge in [0.15, 0.2) is 0 Å². The molecule has 3 rings (SSSR count). The normalized spacial score (nSPS) is 15.2. The summed E-state index contributed by atoms with van der Waals surface area (Å²) in [6.07, 6.45) is 1.68. The first-order valence-corrected chi connectivity index (χ1v) is 10.0. The van der Waals surface area contributed by atoms with Crippen LogP contribution in [-0.4, -0.2) is 35.6 Å². The number of hydrogen-bond donors (Lipinski definition) is 1. The fraction of sp³-hybridized carbons (Fsp3) is 0.150. The van der Waals surface area contributed by atoms with Crippen LogP contribution in [0.1, 0.15) is 12.0 Å². The molecule has 1 aliphatic heterocycles. The van der Waals surface area contributed by atoms with E-state index in [-0.39, 0.29) is 30.0 Å². The lowest BCUT2D eigenvalue weighted by Crippen LogP contribution is -2.31. The lowest BCUT2D eigenvalue weighted by atomic mass is 10.2. The van der Waals surface area contributed by atoms with Gasteiger partial charge in [-0.1, -0.05) is 24.3 Å². The van der Waals surface area contributed by atoms with E-state index in [1.165, 1.54) is 0 Å². The zero-order valence-electron chi connectivity index (χ0n) is 15.0. The van der Waals surface area contributed by atoms with Crippen molar-refractivity contribution in [3.63, 3.8) is 0 Å². The predicted molar refractivity (Wildman–Crippen MR) is 113 cm³/mol. The minimum absolute atomic E-state index is 0.0230. The van der Waals surface area contributed by atoms with Crippen LogP contribution >= 0.6 is 27.7 Å². The number of imide groups is 1. The van der Waals surface area contributed by atoms with Gasteiger partial charge in [0.25, 0.3) is 11.1 Å². The molecule has 1 aliphatic rings. The Morgan fingerprint density at radius 3 is 2.57 bits per heavy atom. The van der Waals surface area contributed by atoms with Crippen molar-refractivity contribution in [2.24, 2.45) is 0 Å². The van der Waals surface area contributed by atoms with Gasteiger partial charge < -0.3 is 10.1 Å². The summed E-state index contributed by atoms with van der Waals surface area (Å²) in [5.74, 6) is 0.0471. The van der Waals surface area contributed by atoms with Crippen molar-refractivity contribution in [3.8, 4) is 5.75 Å². The van der Waals surface area contributed by atoms with Crippen molar-refractivity contribution < 1.29 is 19.1 Å². The maximum atomic E-state index is 12.5. The number of thioether (sulfide) groups is 1. The molecule has 8 heteroatoms. The predicted octanol–water partition coefficient (Wildman–Crippen LogP) is 4.52. The molecular weight excluding hydrogens is 444 g/mol. The van der Waals surface area contributed by atoms with E-state index in [1.807, 2.05) is 12.1 Å². The number of para-hydroxylation sites is 1. The van der Waals surface area contributed by atoms with Gasteiger partial charge in [0.2, 0.25) is 5.91 Å². The van der Waals surface area contributed by atoms with E-state index in [0.29, 0.717) is 16.3 Å². The van der Waals surface area contributed by atoms with Gasteiger partial charge in [0.1, 0.15) is 5.75 Å². The van der Waals surface area contributed by atoms with Crippen LogP contribution in [0, 0.1) is 0 Å². The highest BCUT2D eigenvalue weighted by molar-refractivity contribution is 9.10. The number of carbonyl (C=O) groups is 3. The Labute approximate surface area is 175 Å². The van der Waals surface area contributed by atoms with E-state index in [0.717, 1.165) is 26.7 Å². The van der Waals surface area contributed by atoms with Gasteiger partial charge in [-0.2, -0.15) is 0 Å². The lowest BCUT2D eigenvalue weighted by molar-refractivity contribution is -0.123. The summed E-state index contributed by atoms with van der Waals surface area (Å²) < 4.78 is 5.86. The Morgan fingerprint density at radius 1 is 1.18 bits per heavy atom. The summed E-state index contributed by atoms with van der Waals surface area (Å²) in [5, 5.41) is 2.38. The van der Waals surface area contributed by atoms with E-state index in [1.54, 1.807) is 49.6 Å². The third-order valence-corrected chi connectivity index (χ3v) is 5.60. The van der Waals surface area contributed by atoms with E-state index in [2.05, 4.69) is 21.2 Å². The second kappa shape index (κ2) is 9.07. The van der Waals surface area contributed by atoms with Crippen LogP contribution in [0.25, 0.3) is 6.08 Å². The maximum absolute atomic E-state index is 12.5. The number of ether oxygens (including phenoxy) is 1. The molecule has 0 radical (unpaired) electrons. The van der Waals surface area contributed by atoms with E-state index < -0.39 is 0 Å². The molecule has 1 N–H and O–H groups in total. The van der Waals surface area contributed by atoms with Gasteiger partial charge in [0.05, 0.1) is 17.7 Å². The number of amides is 3. The quantitative estimate of drug-likeness (QED) is 0.641. The molecule has 144 valence electrons. The second-order valence-electron chi connectivity index (χ2n) is 5.88. The summed E-state index contributed by atoms with van der Waals surface area (Å²) in [4.78, 5) is 38.3. The molecule has 2 aromatic carbocycles. The first-order valence-electron chi connectivity index (χ1n) is 8.42. The molecule has 0 spiro atoms. The number of hydrogen-bond acceptors (Lipinski definition) is 5. The molecule has 6 nitrogen and oxygen atoms in total. The third kappa shape index (κ3) is 4.82. The number of nitrogens with zero attached hydrogens (tertiary/aromatic N) is 1. The first-order chi connectivity index (χ1) is 13.5. The highest BCUT2D eigenvalue weighted by atomic mass is 79.9. The molecule has 0 aromatic heterocycles. The highest BCUT2D eigenvalue weighted by Gasteiger charge is 2.35. The molecule has 1 heterocycles. The average Bonchev–Trinajstić information content (AvgIpc) is 2.95. The Hall–Kier alpha value is -2.58. The Bertz CT molecular complexity index is 943. The molecule has 2 aromatic rings. The number of nitrogens with one attached hydrogen (secondary N) is 1. The molecule has 0 bridgehead atoms. The Kier molecular flexibility index (Phi) is 6.53. The third-order valence-electron chi connectivity index (χ3n) is 4.00. The fourth-order valence-electron chi connectivity index (χ4n) is 2.53. The SMILES string of the molecule is COc1ccc(/C=C2/SC(=O)N(CCC(=O)Nc3ccccc3Br)C2=O)cc1. The number of benzene rings is 2. The number of anilines is 1. The van der Waals surface area contributed by atoms with Crippen LogP contribution in [-0.2, 0) is 9.59 Å². The van der Waals surface area contributed by atoms with Crippen molar-refractivity contribution in [2.75, 3.05) is 19.0 Å². The monoisotopic (exact) mass is 460 g/mol. The molecule has 1 fully saturated rings. The zero-order chi connectivity index (χ0) is 20.1. The van der Waals surface area contributed by atoms with Crippen molar-refractivity contribution >= 4 is 56.5 Å². The second-order valence-corrected chi connectivity index (χ2v) is 7.73. The minimum Gasteiger partial charge on any atom is -0.497 e. The summed E-state index contributed by atoms with van der Waals surface area (Å²) in [7, 11) is 1.58. The van der Waals surface area contributed by atoms with Gasteiger partial charge >= 0.3 is 0 Å². The van der Waals surface area contributed by atoms with E-state index >= 15 is 0 Å². The van der Waals surface area contributed by atoms with E-state index in [4.69, 9.17) is 4.74 Å². The smallest absolute Gasteiger partial charge is 0.293 e. The lowest BCUT2D eigenvalue weighted by Gasteiger charge is -2.12. The van der Waals surface area contributed by atoms with Crippen LogP contribution in [0.15, 0.2) is 57.9 Å². The molecule has 28 heavy (non-hydrogen) atoms. The van der Waals surface area contributed by atoms with Crippen molar-refractivity contribution in [1.82, 2.24) is 4.90 Å². The van der Waals surface area contributed by atoms with Crippen molar-refractivity contribution in [1.29, 1.82) is 0 Å². The largest absolute Gasteiger partial charge is 0.497 e. The fourth-order valence-corrected chi connectivity index (χ4v) is 3.78. The topological polar surface area (TPSA) is 75.7 Å². The number of carbonyl (C=O) groups excluding carboxylic acids is 3. The molecule has 0 aliphatic carbocycles. The molecule has 0 atom stereocenters. The average molecular weight is 461 g/mol. The first kappa shape index (κ1) is 20.2. The van der Waals surface area contributed by atoms with Crippen molar-refractivity contribution in [3.05, 3.63) is 63.5 Å². The van der Waals surface area contributed by atoms with Gasteiger partial charge in [-0.15, -0.1) is 0 Å². The molecule has 0 saturated carbocycles. The standard InChI is InChI=1S/C20H17BrN2O4S/c1-27-14-8-6-13(7-9-14)12-17-19(25)23(20(26)28-17)11-10-18(24)22-16-5-3-2-4-15(16)21/h2-9,12H,10-11H2,1H3,(H,22,24)/b17-12+. The molecule has 3 amide bonds. The molecule has 0 unspecified atom stereocenters. The van der Waals surface area contributed by atoms with Gasteiger partial charge in [-0.3, -0.25) is 19.3 Å². The van der Waals surface area contributed by atoms with Crippen LogP contribution in [0.2, 0.25) is 0 Å². The van der Waals surface area contributed by atoms with Crippen molar-refractivity contribution in [2.45, 2.75) is 6.42 Å². The zero-order valence-corrected chi connectivity index (χ0v) is 17.4. The minimum atomic E-state index is -0.389. The molecule has 1 saturated heterocycles. The summed E-state index contributed by atoms with van der Waals surface area (Å²) in [6, 6.07) is 14.4. The van der Waals surface area contributed by atoms with Crippen LogP contribution in [0.4, 0.5) is 10.5 Å². The Balaban J connectivity index is 1.61. The number of methoxy groups -OCH3 is 1. The van der Waals surface area contributed by atoms with E-state index in [9.17, 15) is 14.4 Å². The van der Waals surface area contributed by atoms with Crippen LogP contribution in [0.3, 0.4) is 0 Å². The molecular formula is C20H17BrN2O4S. The van der Waals surface area contributed by atoms with Gasteiger partial charge in [-0.25, -0.2) is 0 Å². The van der Waals surface area contributed by atoms with Crippen LogP contribution < -0.4 is 10.1 Å². The van der Waals surface area contributed by atoms with Gasteiger partial charge in [-0.05, 0) is 63.6 Å². The maximum Gasteiger partial charge on any atom is 0.293 e. The van der Waals surface area contributed by atoms with Gasteiger partial charge in [0, 0.05) is 17.4 Å². The summed E-state index contributed by atoms with van der Waals surface area (Å²) in [5.41, 5.74) is 1.43.